The lowest BCUT2D eigenvalue weighted by atomic mass is 9.88. The molecule has 0 bridgehead atoms. The zero-order valence-corrected chi connectivity index (χ0v) is 20.8. The molecule has 1 fully saturated rings. The largest absolute Gasteiger partial charge is 0.507 e. The Morgan fingerprint density at radius 3 is 2.41 bits per heavy atom. The van der Waals surface area contributed by atoms with Crippen molar-refractivity contribution in [1.29, 1.82) is 0 Å². The average Bonchev–Trinajstić information content (AvgIpc) is 3.18. The highest BCUT2D eigenvalue weighted by molar-refractivity contribution is 6.51. The van der Waals surface area contributed by atoms with Gasteiger partial charge in [-0.15, -0.1) is 0 Å². The van der Waals surface area contributed by atoms with Crippen LogP contribution in [0.25, 0.3) is 5.76 Å². The molecule has 0 spiro atoms. The molecular weight excluding hydrogens is 468 g/mol. The molecule has 2 aliphatic rings. The van der Waals surface area contributed by atoms with Crippen LogP contribution in [0.2, 0.25) is 0 Å². The molecule has 37 heavy (non-hydrogen) atoms. The summed E-state index contributed by atoms with van der Waals surface area (Å²) in [6.45, 7) is 1.41. The Morgan fingerprint density at radius 1 is 0.973 bits per heavy atom. The summed E-state index contributed by atoms with van der Waals surface area (Å²) >= 11 is 0. The van der Waals surface area contributed by atoms with Crippen LogP contribution in [0.5, 0.6) is 5.75 Å². The first-order chi connectivity index (χ1) is 17.9. The van der Waals surface area contributed by atoms with E-state index in [9.17, 15) is 19.5 Å². The summed E-state index contributed by atoms with van der Waals surface area (Å²) in [5, 5.41) is 14.2. The van der Waals surface area contributed by atoms with Crippen LogP contribution in [-0.4, -0.2) is 29.8 Å². The van der Waals surface area contributed by atoms with Gasteiger partial charge in [0.1, 0.15) is 11.5 Å². The summed E-state index contributed by atoms with van der Waals surface area (Å²) in [6, 6.07) is 18.7. The number of ether oxygens (including phenoxy) is 1. The third kappa shape index (κ3) is 4.60. The van der Waals surface area contributed by atoms with Gasteiger partial charge < -0.3 is 15.2 Å². The summed E-state index contributed by atoms with van der Waals surface area (Å²) in [5.41, 5.74) is 4.63. The average molecular weight is 497 g/mol. The number of aryl methyl sites for hydroxylation is 2. The van der Waals surface area contributed by atoms with E-state index in [0.29, 0.717) is 28.3 Å². The Labute approximate surface area is 215 Å². The number of rotatable bonds is 5. The van der Waals surface area contributed by atoms with Crippen molar-refractivity contribution in [2.24, 2.45) is 0 Å². The maximum Gasteiger partial charge on any atom is 0.300 e. The van der Waals surface area contributed by atoms with Crippen LogP contribution in [0, 0.1) is 0 Å². The molecular formula is C30H28N2O5. The van der Waals surface area contributed by atoms with Crippen molar-refractivity contribution in [3.05, 3.63) is 94.6 Å². The minimum atomic E-state index is -0.863. The van der Waals surface area contributed by atoms with Crippen LogP contribution in [-0.2, 0) is 27.2 Å². The number of hydrogen-bond donors (Lipinski definition) is 2. The van der Waals surface area contributed by atoms with E-state index in [1.54, 1.807) is 55.6 Å². The van der Waals surface area contributed by atoms with Crippen molar-refractivity contribution >= 4 is 34.7 Å². The van der Waals surface area contributed by atoms with Gasteiger partial charge in [0.2, 0.25) is 5.91 Å². The quantitative estimate of drug-likeness (QED) is 0.289. The van der Waals surface area contributed by atoms with Gasteiger partial charge in [-0.2, -0.15) is 0 Å². The van der Waals surface area contributed by atoms with Crippen LogP contribution in [0.3, 0.4) is 0 Å². The number of benzene rings is 3. The lowest BCUT2D eigenvalue weighted by Crippen LogP contribution is -2.29. The minimum absolute atomic E-state index is 0.0277. The molecule has 2 amide bonds. The second kappa shape index (κ2) is 9.93. The van der Waals surface area contributed by atoms with E-state index in [4.69, 9.17) is 4.74 Å². The number of methoxy groups -OCH3 is 1. The molecule has 188 valence electrons. The van der Waals surface area contributed by atoms with Gasteiger partial charge in [-0.05, 0) is 84.8 Å². The van der Waals surface area contributed by atoms with E-state index in [0.717, 1.165) is 31.2 Å². The van der Waals surface area contributed by atoms with E-state index in [2.05, 4.69) is 5.32 Å². The van der Waals surface area contributed by atoms with E-state index >= 15 is 0 Å². The Bertz CT molecular complexity index is 1420. The molecule has 0 aromatic heterocycles. The zero-order chi connectivity index (χ0) is 26.1. The molecule has 3 aromatic rings. The number of ketones is 1. The topological polar surface area (TPSA) is 95.9 Å². The van der Waals surface area contributed by atoms with Gasteiger partial charge in [-0.3, -0.25) is 19.3 Å². The van der Waals surface area contributed by atoms with Crippen molar-refractivity contribution in [3.8, 4) is 5.75 Å². The number of anilines is 2. The van der Waals surface area contributed by atoms with Crippen molar-refractivity contribution in [1.82, 2.24) is 0 Å². The maximum atomic E-state index is 13.4. The third-order valence-electron chi connectivity index (χ3n) is 6.94. The standard InChI is InChI=1S/C30H28N2O5/c1-18(33)31-23-12-14-24(15-13-23)32-27(21-8-5-9-25(17-21)37-2)26(29(35)30(32)36)28(34)22-11-10-19-6-3-4-7-20(19)16-22/h5,8-17,27,34H,3-4,6-7H2,1-2H3,(H,31,33)/b28-26-. The highest BCUT2D eigenvalue weighted by Gasteiger charge is 2.47. The Morgan fingerprint density at radius 2 is 1.70 bits per heavy atom. The van der Waals surface area contributed by atoms with E-state index in [1.807, 2.05) is 18.2 Å². The third-order valence-corrected chi connectivity index (χ3v) is 6.94. The number of carbonyl (C=O) groups is 3. The molecule has 3 aromatic carbocycles. The monoisotopic (exact) mass is 496 g/mol. The first-order valence-electron chi connectivity index (χ1n) is 12.3. The van der Waals surface area contributed by atoms with Gasteiger partial charge >= 0.3 is 0 Å². The van der Waals surface area contributed by atoms with E-state index < -0.39 is 17.7 Å². The van der Waals surface area contributed by atoms with Crippen molar-refractivity contribution in [2.75, 3.05) is 17.3 Å². The molecule has 1 aliphatic carbocycles. The molecule has 1 unspecified atom stereocenters. The summed E-state index contributed by atoms with van der Waals surface area (Å²) in [5.74, 6) is -1.34. The summed E-state index contributed by atoms with van der Waals surface area (Å²) in [7, 11) is 1.55. The van der Waals surface area contributed by atoms with E-state index in [-0.39, 0.29) is 17.2 Å². The number of carbonyl (C=O) groups excluding carboxylic acids is 3. The summed E-state index contributed by atoms with van der Waals surface area (Å²) < 4.78 is 5.40. The Hall–Kier alpha value is -4.39. The number of hydrogen-bond acceptors (Lipinski definition) is 5. The molecule has 2 N–H and O–H groups in total. The van der Waals surface area contributed by atoms with Gasteiger partial charge in [-0.1, -0.05) is 24.3 Å². The maximum absolute atomic E-state index is 13.4. The smallest absolute Gasteiger partial charge is 0.300 e. The number of fused-ring (bicyclic) bond motifs is 1. The van der Waals surface area contributed by atoms with Gasteiger partial charge in [0.05, 0.1) is 18.7 Å². The van der Waals surface area contributed by atoms with Crippen LogP contribution in [0.4, 0.5) is 11.4 Å². The number of aliphatic hydroxyl groups excluding tert-OH is 1. The van der Waals surface area contributed by atoms with Crippen LogP contribution >= 0.6 is 0 Å². The lowest BCUT2D eigenvalue weighted by molar-refractivity contribution is -0.132. The van der Waals surface area contributed by atoms with Gasteiger partial charge in [0, 0.05) is 23.9 Å². The van der Waals surface area contributed by atoms with Gasteiger partial charge in [-0.25, -0.2) is 0 Å². The van der Waals surface area contributed by atoms with Crippen LogP contribution < -0.4 is 15.0 Å². The van der Waals surface area contributed by atoms with Crippen molar-refractivity contribution in [2.45, 2.75) is 38.6 Å². The molecule has 0 radical (unpaired) electrons. The normalized spacial score (nSPS) is 18.4. The molecule has 7 heteroatoms. The van der Waals surface area contributed by atoms with E-state index in [1.165, 1.54) is 17.4 Å². The second-order valence-corrected chi connectivity index (χ2v) is 9.36. The fourth-order valence-corrected chi connectivity index (χ4v) is 5.17. The van der Waals surface area contributed by atoms with Crippen molar-refractivity contribution < 1.29 is 24.2 Å². The molecule has 1 aliphatic heterocycles. The fourth-order valence-electron chi connectivity index (χ4n) is 5.17. The number of amides is 2. The fraction of sp³-hybridized carbons (Fsp3) is 0.233. The predicted molar refractivity (Wildman–Crippen MR) is 142 cm³/mol. The Kier molecular flexibility index (Phi) is 6.53. The van der Waals surface area contributed by atoms with Gasteiger partial charge in [0.15, 0.2) is 0 Å². The predicted octanol–water partition coefficient (Wildman–Crippen LogP) is 5.16. The lowest BCUT2D eigenvalue weighted by Gasteiger charge is -2.26. The summed E-state index contributed by atoms with van der Waals surface area (Å²) in [4.78, 5) is 39.7. The SMILES string of the molecule is COc1cccc(C2/C(=C(/O)c3ccc4c(c3)CCCC4)C(=O)C(=O)N2c2ccc(NC(C)=O)cc2)c1. The summed E-state index contributed by atoms with van der Waals surface area (Å²) in [6.07, 6.45) is 4.14. The first-order valence-corrected chi connectivity index (χ1v) is 12.3. The Balaban J connectivity index is 1.65. The second-order valence-electron chi connectivity index (χ2n) is 9.36. The molecule has 1 heterocycles. The number of nitrogens with one attached hydrogen (secondary N) is 1. The minimum Gasteiger partial charge on any atom is -0.507 e. The van der Waals surface area contributed by atoms with Crippen LogP contribution in [0.1, 0.15) is 48.1 Å². The first kappa shape index (κ1) is 24.3. The molecule has 1 atom stereocenters. The number of Topliss-reactive ketones (excluding diaryl/α,β-unsaturated/α-hetero) is 1. The number of aliphatic hydroxyl groups is 1. The molecule has 7 nitrogen and oxygen atoms in total. The molecule has 5 rings (SSSR count). The molecule has 0 saturated carbocycles. The molecule has 1 saturated heterocycles. The van der Waals surface area contributed by atoms with Gasteiger partial charge in [0.25, 0.3) is 11.7 Å². The van der Waals surface area contributed by atoms with Crippen molar-refractivity contribution in [3.63, 3.8) is 0 Å². The zero-order valence-electron chi connectivity index (χ0n) is 20.8. The van der Waals surface area contributed by atoms with Crippen LogP contribution in [0.15, 0.2) is 72.3 Å². The number of nitrogens with zero attached hydrogens (tertiary/aromatic N) is 1. The highest BCUT2D eigenvalue weighted by Crippen LogP contribution is 2.43. The highest BCUT2D eigenvalue weighted by atomic mass is 16.5.